The van der Waals surface area contributed by atoms with Crippen LogP contribution in [0.4, 0.5) is 0 Å². The quantitative estimate of drug-likeness (QED) is 0.527. The lowest BCUT2D eigenvalue weighted by Crippen LogP contribution is -2.40. The van der Waals surface area contributed by atoms with E-state index in [1.165, 1.54) is 20.8 Å². The summed E-state index contributed by atoms with van der Waals surface area (Å²) in [7, 11) is 0. The second kappa shape index (κ2) is 5.81. The number of carbonyl (C=O) groups is 3. The van der Waals surface area contributed by atoms with Gasteiger partial charge in [0.2, 0.25) is 12.4 Å². The van der Waals surface area contributed by atoms with E-state index in [1.807, 2.05) is 0 Å². The normalized spacial score (nSPS) is 30.7. The first kappa shape index (κ1) is 14.4. The Morgan fingerprint density at radius 3 is 1.72 bits per heavy atom. The molecular formula is C11H16O7. The van der Waals surface area contributed by atoms with E-state index < -0.39 is 42.5 Å². The summed E-state index contributed by atoms with van der Waals surface area (Å²) in [6.07, 6.45) is -3.35. The van der Waals surface area contributed by atoms with E-state index in [9.17, 15) is 14.4 Å². The molecule has 7 nitrogen and oxygen atoms in total. The van der Waals surface area contributed by atoms with Gasteiger partial charge < -0.3 is 18.9 Å². The third kappa shape index (κ3) is 3.69. The van der Waals surface area contributed by atoms with Crippen molar-refractivity contribution in [3.8, 4) is 0 Å². The van der Waals surface area contributed by atoms with Crippen LogP contribution in [-0.4, -0.2) is 42.5 Å². The summed E-state index contributed by atoms with van der Waals surface area (Å²) in [5.41, 5.74) is 0. The van der Waals surface area contributed by atoms with Gasteiger partial charge >= 0.3 is 17.9 Å². The van der Waals surface area contributed by atoms with Crippen LogP contribution in [0.5, 0.6) is 0 Å². The molecule has 0 aromatic heterocycles. The van der Waals surface area contributed by atoms with E-state index >= 15 is 0 Å². The zero-order valence-electron chi connectivity index (χ0n) is 10.7. The van der Waals surface area contributed by atoms with Crippen molar-refractivity contribution >= 4 is 17.9 Å². The van der Waals surface area contributed by atoms with Gasteiger partial charge in [0.1, 0.15) is 0 Å². The third-order valence-corrected chi connectivity index (χ3v) is 2.29. The van der Waals surface area contributed by atoms with Crippen LogP contribution in [0.25, 0.3) is 0 Å². The minimum absolute atomic E-state index is 0.531. The van der Waals surface area contributed by atoms with Gasteiger partial charge in [-0.3, -0.25) is 14.4 Å². The van der Waals surface area contributed by atoms with Gasteiger partial charge in [-0.25, -0.2) is 0 Å². The molecule has 1 saturated heterocycles. The Kier molecular flexibility index (Phi) is 4.66. The van der Waals surface area contributed by atoms with Gasteiger partial charge in [0.05, 0.1) is 6.10 Å². The summed E-state index contributed by atoms with van der Waals surface area (Å²) in [5.74, 6) is -1.68. The molecule has 1 rings (SSSR count). The number of esters is 3. The molecule has 0 aliphatic carbocycles. The highest BCUT2D eigenvalue weighted by molar-refractivity contribution is 5.68. The Balaban J connectivity index is 2.83. The summed E-state index contributed by atoms with van der Waals surface area (Å²) >= 11 is 0. The van der Waals surface area contributed by atoms with Gasteiger partial charge in [-0.2, -0.15) is 0 Å². The molecule has 102 valence electrons. The molecule has 0 aromatic carbocycles. The molecule has 0 amide bonds. The van der Waals surface area contributed by atoms with E-state index in [0.717, 1.165) is 0 Å². The Morgan fingerprint density at radius 1 is 0.833 bits per heavy atom. The molecule has 1 aliphatic rings. The monoisotopic (exact) mass is 260 g/mol. The minimum Gasteiger partial charge on any atom is -0.456 e. The predicted molar refractivity (Wildman–Crippen MR) is 57.2 cm³/mol. The van der Waals surface area contributed by atoms with Gasteiger partial charge in [-0.15, -0.1) is 0 Å². The summed E-state index contributed by atoms with van der Waals surface area (Å²) < 4.78 is 20.2. The third-order valence-electron chi connectivity index (χ3n) is 2.29. The van der Waals surface area contributed by atoms with Crippen molar-refractivity contribution in [1.82, 2.24) is 0 Å². The Hall–Kier alpha value is -1.63. The van der Waals surface area contributed by atoms with E-state index in [4.69, 9.17) is 18.9 Å². The largest absolute Gasteiger partial charge is 0.456 e. The number of carbonyl (C=O) groups excluding carboxylic acids is 3. The number of ether oxygens (including phenoxy) is 4. The summed E-state index contributed by atoms with van der Waals surface area (Å²) in [6.45, 7) is 5.28. The highest BCUT2D eigenvalue weighted by Crippen LogP contribution is 2.27. The van der Waals surface area contributed by atoms with Gasteiger partial charge in [-0.05, 0) is 6.92 Å². The molecule has 1 heterocycles. The molecule has 18 heavy (non-hydrogen) atoms. The van der Waals surface area contributed by atoms with Crippen LogP contribution in [0.3, 0.4) is 0 Å². The topological polar surface area (TPSA) is 88.1 Å². The lowest BCUT2D eigenvalue weighted by Gasteiger charge is -2.22. The van der Waals surface area contributed by atoms with Crippen molar-refractivity contribution in [2.24, 2.45) is 0 Å². The average Bonchev–Trinajstić information content (AvgIpc) is 2.43. The van der Waals surface area contributed by atoms with Crippen LogP contribution in [0, 0.1) is 0 Å². The minimum atomic E-state index is -1.06. The zero-order chi connectivity index (χ0) is 13.9. The first-order valence-electron chi connectivity index (χ1n) is 5.48. The molecular weight excluding hydrogens is 244 g/mol. The fourth-order valence-corrected chi connectivity index (χ4v) is 1.72. The molecule has 1 unspecified atom stereocenters. The van der Waals surface area contributed by atoms with Gasteiger partial charge in [-0.1, -0.05) is 0 Å². The predicted octanol–water partition coefficient (Wildman–Crippen LogP) is 0.158. The second-order valence-corrected chi connectivity index (χ2v) is 3.97. The van der Waals surface area contributed by atoms with Crippen molar-refractivity contribution in [3.63, 3.8) is 0 Å². The standard InChI is InChI=1S/C11H16O7/c1-5-9(16-6(2)12)10(17-7(3)13)11(15-5)18-8(4)14/h5,9-11H,1-4H3/t5-,9-,10-,11?/m1/s1. The lowest BCUT2D eigenvalue weighted by atomic mass is 10.1. The molecule has 0 spiro atoms. The molecule has 0 radical (unpaired) electrons. The average molecular weight is 260 g/mol. The Labute approximate surface area is 104 Å². The maximum Gasteiger partial charge on any atom is 0.305 e. The molecule has 0 bridgehead atoms. The highest BCUT2D eigenvalue weighted by atomic mass is 16.7. The zero-order valence-corrected chi connectivity index (χ0v) is 10.7. The summed E-state index contributed by atoms with van der Waals surface area (Å²) in [5, 5.41) is 0. The Morgan fingerprint density at radius 2 is 1.28 bits per heavy atom. The molecule has 4 atom stereocenters. The molecule has 0 saturated carbocycles. The van der Waals surface area contributed by atoms with Crippen LogP contribution in [0.1, 0.15) is 27.7 Å². The number of hydrogen-bond acceptors (Lipinski definition) is 7. The van der Waals surface area contributed by atoms with Crippen LogP contribution in [-0.2, 0) is 33.3 Å². The van der Waals surface area contributed by atoms with Gasteiger partial charge in [0.15, 0.2) is 6.10 Å². The van der Waals surface area contributed by atoms with Crippen molar-refractivity contribution in [1.29, 1.82) is 0 Å². The smallest absolute Gasteiger partial charge is 0.305 e. The fourth-order valence-electron chi connectivity index (χ4n) is 1.72. The summed E-state index contributed by atoms with van der Waals surface area (Å²) in [4.78, 5) is 32.9. The van der Waals surface area contributed by atoms with Gasteiger partial charge in [0, 0.05) is 20.8 Å². The first-order valence-corrected chi connectivity index (χ1v) is 5.48. The maximum atomic E-state index is 11.0. The number of hydrogen-bond donors (Lipinski definition) is 0. The van der Waals surface area contributed by atoms with E-state index in [1.54, 1.807) is 6.92 Å². The van der Waals surface area contributed by atoms with Crippen LogP contribution in [0.2, 0.25) is 0 Å². The SMILES string of the molecule is CC(=O)OC1O[C@H](C)[C@@H](OC(C)=O)[C@H]1OC(C)=O. The molecule has 1 aliphatic heterocycles. The van der Waals surface area contributed by atoms with Crippen molar-refractivity contribution in [2.45, 2.75) is 52.3 Å². The lowest BCUT2D eigenvalue weighted by molar-refractivity contribution is -0.194. The molecule has 7 heteroatoms. The van der Waals surface area contributed by atoms with E-state index in [0.29, 0.717) is 0 Å². The first-order chi connectivity index (χ1) is 8.31. The van der Waals surface area contributed by atoms with Crippen molar-refractivity contribution < 1.29 is 33.3 Å². The van der Waals surface area contributed by atoms with Gasteiger partial charge in [0.25, 0.3) is 0 Å². The molecule has 1 fully saturated rings. The molecule has 0 aromatic rings. The van der Waals surface area contributed by atoms with E-state index in [-0.39, 0.29) is 0 Å². The maximum absolute atomic E-state index is 11.0. The highest BCUT2D eigenvalue weighted by Gasteiger charge is 2.49. The number of rotatable bonds is 3. The van der Waals surface area contributed by atoms with Crippen LogP contribution >= 0.6 is 0 Å². The Bertz CT molecular complexity index is 351. The van der Waals surface area contributed by atoms with Crippen LogP contribution < -0.4 is 0 Å². The second-order valence-electron chi connectivity index (χ2n) is 3.97. The van der Waals surface area contributed by atoms with E-state index in [2.05, 4.69) is 0 Å². The van der Waals surface area contributed by atoms with Crippen molar-refractivity contribution in [2.75, 3.05) is 0 Å². The van der Waals surface area contributed by atoms with Crippen LogP contribution in [0.15, 0.2) is 0 Å². The molecule has 0 N–H and O–H groups in total. The van der Waals surface area contributed by atoms with Crippen molar-refractivity contribution in [3.05, 3.63) is 0 Å². The summed E-state index contributed by atoms with van der Waals surface area (Å²) in [6, 6.07) is 0. The fraction of sp³-hybridized carbons (Fsp3) is 0.727.